The van der Waals surface area contributed by atoms with Crippen LogP contribution >= 0.6 is 0 Å². The zero-order valence-electron chi connectivity index (χ0n) is 10.5. The maximum absolute atomic E-state index is 12.3. The molecule has 0 spiro atoms. The molecule has 110 valence electrons. The molecule has 0 bridgehead atoms. The number of carbonyl (C=O) groups is 1. The minimum atomic E-state index is -3.12. The zero-order chi connectivity index (χ0) is 15.4. The summed E-state index contributed by atoms with van der Waals surface area (Å²) in [5, 5.41) is 21.1. The fourth-order valence-corrected chi connectivity index (χ4v) is 1.56. The van der Waals surface area contributed by atoms with Gasteiger partial charge in [-0.15, -0.1) is 0 Å². The average Bonchev–Trinajstić information content (AvgIpc) is 2.43. The molecule has 1 aromatic heterocycles. The molecule has 21 heavy (non-hydrogen) atoms. The molecule has 0 atom stereocenters. The number of hydrogen-bond donors (Lipinski definition) is 3. The number of ether oxygens (including phenoxy) is 1. The van der Waals surface area contributed by atoms with Crippen molar-refractivity contribution in [2.45, 2.75) is 6.61 Å². The molecular weight excluding hydrogens is 286 g/mol. The van der Waals surface area contributed by atoms with Crippen LogP contribution in [0.2, 0.25) is 0 Å². The molecule has 2 aromatic rings. The van der Waals surface area contributed by atoms with Crippen LogP contribution in [0.25, 0.3) is 0 Å². The van der Waals surface area contributed by atoms with Crippen LogP contribution < -0.4 is 10.1 Å². The fourth-order valence-electron chi connectivity index (χ4n) is 1.56. The summed E-state index contributed by atoms with van der Waals surface area (Å²) < 4.78 is 28.8. The number of carbonyl (C=O) groups excluding carboxylic acids is 1. The summed E-state index contributed by atoms with van der Waals surface area (Å²) in [6, 6.07) is 5.85. The molecule has 0 aliphatic carbocycles. The van der Waals surface area contributed by atoms with E-state index in [1.54, 1.807) is 0 Å². The van der Waals surface area contributed by atoms with E-state index in [9.17, 15) is 23.8 Å². The number of alkyl halides is 2. The number of pyridine rings is 1. The third-order valence-corrected chi connectivity index (χ3v) is 2.44. The molecule has 0 unspecified atom stereocenters. The van der Waals surface area contributed by atoms with Crippen molar-refractivity contribution in [3.63, 3.8) is 0 Å². The molecule has 0 saturated carbocycles. The standard InChI is InChI=1S/C13H10F2N2O4/c14-13(15)21-10-4-3-7(18)6-8(10)12(20)17-11-9(19)2-1-5-16-11/h1-6,13,18-19H,(H,16,17,20). The molecule has 8 heteroatoms. The Labute approximate surface area is 117 Å². The Balaban J connectivity index is 2.30. The van der Waals surface area contributed by atoms with E-state index in [1.807, 2.05) is 0 Å². The van der Waals surface area contributed by atoms with Crippen LogP contribution in [0.4, 0.5) is 14.6 Å². The smallest absolute Gasteiger partial charge is 0.387 e. The predicted molar refractivity (Wildman–Crippen MR) is 68.6 cm³/mol. The monoisotopic (exact) mass is 296 g/mol. The van der Waals surface area contributed by atoms with Crippen LogP contribution in [-0.4, -0.2) is 27.7 Å². The first-order valence-corrected chi connectivity index (χ1v) is 5.70. The first kappa shape index (κ1) is 14.5. The molecule has 2 rings (SSSR count). The minimum absolute atomic E-state index is 0.145. The Morgan fingerprint density at radius 1 is 1.29 bits per heavy atom. The second kappa shape index (κ2) is 6.04. The summed E-state index contributed by atoms with van der Waals surface area (Å²) in [6.45, 7) is -3.12. The first-order chi connectivity index (χ1) is 9.97. The average molecular weight is 296 g/mol. The number of phenols is 1. The Morgan fingerprint density at radius 2 is 2.05 bits per heavy atom. The lowest BCUT2D eigenvalue weighted by Gasteiger charge is -2.11. The number of amides is 1. The van der Waals surface area contributed by atoms with Crippen molar-refractivity contribution in [1.29, 1.82) is 0 Å². The van der Waals surface area contributed by atoms with E-state index >= 15 is 0 Å². The summed E-state index contributed by atoms with van der Waals surface area (Å²) in [7, 11) is 0. The summed E-state index contributed by atoms with van der Waals surface area (Å²) in [5.41, 5.74) is -0.319. The SMILES string of the molecule is O=C(Nc1ncccc1O)c1cc(O)ccc1OC(F)F. The molecule has 0 aliphatic rings. The van der Waals surface area contributed by atoms with Gasteiger partial charge in [-0.05, 0) is 30.3 Å². The number of aromatic hydroxyl groups is 2. The fraction of sp³-hybridized carbons (Fsp3) is 0.0769. The van der Waals surface area contributed by atoms with E-state index in [0.717, 1.165) is 18.2 Å². The van der Waals surface area contributed by atoms with Gasteiger partial charge in [-0.1, -0.05) is 0 Å². The topological polar surface area (TPSA) is 91.7 Å². The number of hydrogen-bond acceptors (Lipinski definition) is 5. The van der Waals surface area contributed by atoms with E-state index in [0.29, 0.717) is 0 Å². The van der Waals surface area contributed by atoms with Gasteiger partial charge in [-0.2, -0.15) is 8.78 Å². The molecule has 1 aromatic carbocycles. The second-order valence-electron chi connectivity index (χ2n) is 3.88. The summed E-state index contributed by atoms with van der Waals surface area (Å²) in [5.74, 6) is -2.01. The van der Waals surface area contributed by atoms with Crippen molar-refractivity contribution in [2.75, 3.05) is 5.32 Å². The Bertz CT molecular complexity index is 664. The molecule has 0 aliphatic heterocycles. The van der Waals surface area contributed by atoms with Crippen molar-refractivity contribution in [1.82, 2.24) is 4.98 Å². The number of rotatable bonds is 4. The number of nitrogens with zero attached hydrogens (tertiary/aromatic N) is 1. The van der Waals surface area contributed by atoms with Gasteiger partial charge in [0.05, 0.1) is 5.56 Å². The lowest BCUT2D eigenvalue weighted by molar-refractivity contribution is -0.0501. The maximum Gasteiger partial charge on any atom is 0.387 e. The molecule has 0 saturated heterocycles. The van der Waals surface area contributed by atoms with Gasteiger partial charge in [0.25, 0.3) is 5.91 Å². The van der Waals surface area contributed by atoms with Crippen LogP contribution in [-0.2, 0) is 0 Å². The highest BCUT2D eigenvalue weighted by atomic mass is 19.3. The quantitative estimate of drug-likeness (QED) is 0.805. The Hall–Kier alpha value is -2.90. The lowest BCUT2D eigenvalue weighted by Crippen LogP contribution is -2.15. The Kier molecular flexibility index (Phi) is 4.17. The summed E-state index contributed by atoms with van der Waals surface area (Å²) in [4.78, 5) is 15.7. The van der Waals surface area contributed by atoms with E-state index in [1.165, 1.54) is 18.3 Å². The van der Waals surface area contributed by atoms with Crippen molar-refractivity contribution in [3.05, 3.63) is 42.1 Å². The van der Waals surface area contributed by atoms with Gasteiger partial charge in [-0.25, -0.2) is 4.98 Å². The molecule has 3 N–H and O–H groups in total. The largest absolute Gasteiger partial charge is 0.508 e. The molecule has 1 heterocycles. The van der Waals surface area contributed by atoms with E-state index < -0.39 is 18.3 Å². The van der Waals surface area contributed by atoms with Gasteiger partial charge in [0.2, 0.25) is 0 Å². The van der Waals surface area contributed by atoms with Crippen LogP contribution in [0.5, 0.6) is 17.2 Å². The van der Waals surface area contributed by atoms with Gasteiger partial charge in [0.15, 0.2) is 11.6 Å². The van der Waals surface area contributed by atoms with Crippen LogP contribution in [0.15, 0.2) is 36.5 Å². The molecule has 0 fully saturated rings. The number of anilines is 1. The highest BCUT2D eigenvalue weighted by Crippen LogP contribution is 2.27. The van der Waals surface area contributed by atoms with Crippen LogP contribution in [0, 0.1) is 0 Å². The first-order valence-electron chi connectivity index (χ1n) is 5.70. The number of halogens is 2. The highest BCUT2D eigenvalue weighted by molar-refractivity contribution is 6.06. The van der Waals surface area contributed by atoms with E-state index in [-0.39, 0.29) is 22.9 Å². The minimum Gasteiger partial charge on any atom is -0.508 e. The predicted octanol–water partition coefficient (Wildman–Crippen LogP) is 2.35. The molecular formula is C13H10F2N2O4. The van der Waals surface area contributed by atoms with Crippen molar-refractivity contribution in [2.24, 2.45) is 0 Å². The van der Waals surface area contributed by atoms with Crippen molar-refractivity contribution >= 4 is 11.7 Å². The van der Waals surface area contributed by atoms with Gasteiger partial charge in [0, 0.05) is 6.20 Å². The Morgan fingerprint density at radius 3 is 2.71 bits per heavy atom. The van der Waals surface area contributed by atoms with E-state index in [4.69, 9.17) is 0 Å². The number of benzene rings is 1. The van der Waals surface area contributed by atoms with Crippen LogP contribution in [0.3, 0.4) is 0 Å². The summed E-state index contributed by atoms with van der Waals surface area (Å²) >= 11 is 0. The van der Waals surface area contributed by atoms with E-state index in [2.05, 4.69) is 15.0 Å². The third-order valence-electron chi connectivity index (χ3n) is 2.44. The van der Waals surface area contributed by atoms with Gasteiger partial charge < -0.3 is 20.3 Å². The highest BCUT2D eigenvalue weighted by Gasteiger charge is 2.18. The number of aromatic nitrogens is 1. The number of nitrogens with one attached hydrogen (secondary N) is 1. The van der Waals surface area contributed by atoms with Crippen LogP contribution in [0.1, 0.15) is 10.4 Å². The third kappa shape index (κ3) is 3.56. The summed E-state index contributed by atoms with van der Waals surface area (Å²) in [6.07, 6.45) is 1.33. The lowest BCUT2D eigenvalue weighted by atomic mass is 10.1. The number of phenolic OH excluding ortho intramolecular Hbond substituents is 1. The van der Waals surface area contributed by atoms with Gasteiger partial charge >= 0.3 is 6.61 Å². The zero-order valence-corrected chi connectivity index (χ0v) is 10.5. The molecule has 1 amide bonds. The normalized spacial score (nSPS) is 10.4. The van der Waals surface area contributed by atoms with Crippen molar-refractivity contribution in [3.8, 4) is 17.2 Å². The maximum atomic E-state index is 12.3. The van der Waals surface area contributed by atoms with Gasteiger partial charge in [-0.3, -0.25) is 4.79 Å². The van der Waals surface area contributed by atoms with Crippen molar-refractivity contribution < 1.29 is 28.5 Å². The van der Waals surface area contributed by atoms with Gasteiger partial charge in [0.1, 0.15) is 11.5 Å². The molecule has 6 nitrogen and oxygen atoms in total. The second-order valence-corrected chi connectivity index (χ2v) is 3.88. The molecule has 0 radical (unpaired) electrons.